The SMILES string of the molecule is COc1ccc(CNC(=O)C(=O)N[C@@H](C)[C@@H](c2cccs2)N2CCN(c3ccc(F)cc3)CC2)cc1. The van der Waals surface area contributed by atoms with Crippen molar-refractivity contribution in [3.8, 4) is 5.75 Å². The van der Waals surface area contributed by atoms with Crippen LogP contribution in [0.25, 0.3) is 0 Å². The lowest BCUT2D eigenvalue weighted by Gasteiger charge is -2.42. The zero-order valence-corrected chi connectivity index (χ0v) is 21.3. The van der Waals surface area contributed by atoms with Gasteiger partial charge in [0.05, 0.1) is 13.2 Å². The van der Waals surface area contributed by atoms with Crippen LogP contribution in [0.15, 0.2) is 66.0 Å². The smallest absolute Gasteiger partial charge is 0.309 e. The first-order valence-corrected chi connectivity index (χ1v) is 12.8. The van der Waals surface area contributed by atoms with Crippen molar-refractivity contribution < 1.29 is 18.7 Å². The van der Waals surface area contributed by atoms with Gasteiger partial charge in [-0.1, -0.05) is 18.2 Å². The summed E-state index contributed by atoms with van der Waals surface area (Å²) in [6.07, 6.45) is 0. The second kappa shape index (κ2) is 12.0. The van der Waals surface area contributed by atoms with Crippen LogP contribution in [-0.4, -0.2) is 56.0 Å². The Hall–Kier alpha value is -3.43. The van der Waals surface area contributed by atoms with Crippen molar-refractivity contribution in [1.29, 1.82) is 0 Å². The Labute approximate surface area is 214 Å². The maximum absolute atomic E-state index is 13.3. The molecular weight excluding hydrogens is 479 g/mol. The van der Waals surface area contributed by atoms with Crippen molar-refractivity contribution in [2.24, 2.45) is 0 Å². The molecule has 0 saturated carbocycles. The summed E-state index contributed by atoms with van der Waals surface area (Å²) < 4.78 is 18.4. The molecule has 4 rings (SSSR count). The summed E-state index contributed by atoms with van der Waals surface area (Å²) in [4.78, 5) is 30.9. The van der Waals surface area contributed by atoms with Crippen molar-refractivity contribution >= 4 is 28.8 Å². The number of carbonyl (C=O) groups excluding carboxylic acids is 2. The van der Waals surface area contributed by atoms with E-state index in [0.29, 0.717) is 0 Å². The molecule has 3 aromatic rings. The number of piperazine rings is 1. The van der Waals surface area contributed by atoms with Gasteiger partial charge in [-0.15, -0.1) is 11.3 Å². The number of thiophene rings is 1. The Kier molecular flexibility index (Phi) is 8.56. The van der Waals surface area contributed by atoms with Crippen LogP contribution in [0.4, 0.5) is 10.1 Å². The first-order chi connectivity index (χ1) is 17.4. The summed E-state index contributed by atoms with van der Waals surface area (Å²) in [5.41, 5.74) is 1.87. The zero-order chi connectivity index (χ0) is 25.5. The quantitative estimate of drug-likeness (QED) is 0.453. The molecule has 1 fully saturated rings. The third-order valence-electron chi connectivity index (χ3n) is 6.38. The molecule has 0 unspecified atom stereocenters. The van der Waals surface area contributed by atoms with Crippen LogP contribution in [0.3, 0.4) is 0 Å². The molecule has 9 heteroatoms. The van der Waals surface area contributed by atoms with Gasteiger partial charge in [-0.3, -0.25) is 14.5 Å². The number of benzene rings is 2. The lowest BCUT2D eigenvalue weighted by Crippen LogP contribution is -2.53. The summed E-state index contributed by atoms with van der Waals surface area (Å²) in [6, 6.07) is 17.6. The van der Waals surface area contributed by atoms with E-state index in [0.717, 1.165) is 48.1 Å². The summed E-state index contributed by atoms with van der Waals surface area (Å²) in [6.45, 7) is 5.33. The average Bonchev–Trinajstić information content (AvgIpc) is 3.43. The maximum atomic E-state index is 13.3. The highest BCUT2D eigenvalue weighted by Crippen LogP contribution is 2.30. The zero-order valence-electron chi connectivity index (χ0n) is 20.4. The predicted octanol–water partition coefficient (Wildman–Crippen LogP) is 3.58. The van der Waals surface area contributed by atoms with Gasteiger partial charge in [0.25, 0.3) is 0 Å². The van der Waals surface area contributed by atoms with Crippen LogP contribution in [-0.2, 0) is 16.1 Å². The van der Waals surface area contributed by atoms with E-state index in [-0.39, 0.29) is 24.4 Å². The molecule has 2 atom stereocenters. The minimum absolute atomic E-state index is 0.0568. The number of carbonyl (C=O) groups is 2. The molecule has 1 aliphatic heterocycles. The fraction of sp³-hybridized carbons (Fsp3) is 0.333. The van der Waals surface area contributed by atoms with Gasteiger partial charge in [-0.25, -0.2) is 4.39 Å². The lowest BCUT2D eigenvalue weighted by atomic mass is 10.0. The first kappa shape index (κ1) is 25.7. The fourth-order valence-corrected chi connectivity index (χ4v) is 5.43. The molecule has 0 radical (unpaired) electrons. The fourth-order valence-electron chi connectivity index (χ4n) is 4.47. The van der Waals surface area contributed by atoms with Gasteiger partial charge >= 0.3 is 11.8 Å². The van der Waals surface area contributed by atoms with Crippen LogP contribution in [0.1, 0.15) is 23.4 Å². The lowest BCUT2D eigenvalue weighted by molar-refractivity contribution is -0.140. The van der Waals surface area contributed by atoms with E-state index in [2.05, 4.69) is 26.5 Å². The van der Waals surface area contributed by atoms with Gasteiger partial charge in [0.2, 0.25) is 0 Å². The molecule has 0 aliphatic carbocycles. The van der Waals surface area contributed by atoms with Crippen LogP contribution < -0.4 is 20.3 Å². The van der Waals surface area contributed by atoms with Gasteiger partial charge in [-0.2, -0.15) is 0 Å². The number of rotatable bonds is 8. The number of halogens is 1. The molecule has 2 N–H and O–H groups in total. The van der Waals surface area contributed by atoms with Gasteiger partial charge in [0.15, 0.2) is 0 Å². The molecule has 1 aromatic heterocycles. The van der Waals surface area contributed by atoms with Crippen molar-refractivity contribution in [3.05, 3.63) is 82.3 Å². The number of ether oxygens (including phenoxy) is 1. The number of anilines is 1. The molecule has 2 amide bonds. The van der Waals surface area contributed by atoms with Gasteiger partial charge < -0.3 is 20.3 Å². The van der Waals surface area contributed by atoms with E-state index < -0.39 is 11.8 Å². The van der Waals surface area contributed by atoms with Crippen LogP contribution in [0.2, 0.25) is 0 Å². The van der Waals surface area contributed by atoms with Crippen LogP contribution in [0.5, 0.6) is 5.75 Å². The Balaban J connectivity index is 1.35. The summed E-state index contributed by atoms with van der Waals surface area (Å²) in [7, 11) is 1.59. The van der Waals surface area contributed by atoms with Gasteiger partial charge in [0.1, 0.15) is 11.6 Å². The molecule has 0 bridgehead atoms. The van der Waals surface area contributed by atoms with E-state index >= 15 is 0 Å². The Bertz CT molecular complexity index is 1130. The summed E-state index contributed by atoms with van der Waals surface area (Å²) >= 11 is 1.64. The van der Waals surface area contributed by atoms with Crippen LogP contribution >= 0.6 is 11.3 Å². The highest BCUT2D eigenvalue weighted by atomic mass is 32.1. The largest absolute Gasteiger partial charge is 0.497 e. The summed E-state index contributed by atoms with van der Waals surface area (Å²) in [5.74, 6) is -0.825. The third kappa shape index (κ3) is 6.41. The van der Waals surface area contributed by atoms with Gasteiger partial charge in [-0.05, 0) is 60.3 Å². The molecule has 7 nitrogen and oxygen atoms in total. The van der Waals surface area contributed by atoms with E-state index in [1.165, 1.54) is 12.1 Å². The molecule has 36 heavy (non-hydrogen) atoms. The van der Waals surface area contributed by atoms with E-state index in [4.69, 9.17) is 4.74 Å². The molecular formula is C27H31FN4O3S. The number of amides is 2. The number of methoxy groups -OCH3 is 1. The Morgan fingerprint density at radius 1 is 1.00 bits per heavy atom. The second-order valence-corrected chi connectivity index (χ2v) is 9.73. The predicted molar refractivity (Wildman–Crippen MR) is 140 cm³/mol. The molecule has 2 heterocycles. The number of nitrogens with one attached hydrogen (secondary N) is 2. The minimum Gasteiger partial charge on any atom is -0.497 e. The number of nitrogens with zero attached hydrogens (tertiary/aromatic N) is 2. The average molecular weight is 511 g/mol. The van der Waals surface area contributed by atoms with Crippen molar-refractivity contribution in [3.63, 3.8) is 0 Å². The third-order valence-corrected chi connectivity index (χ3v) is 7.33. The second-order valence-electron chi connectivity index (χ2n) is 8.75. The topological polar surface area (TPSA) is 73.9 Å². The minimum atomic E-state index is -0.663. The standard InChI is InChI=1S/C27H31FN4O3S/c1-19(30-27(34)26(33)29-18-20-5-11-23(35-2)12-6-20)25(24-4-3-17-36-24)32-15-13-31(14-16-32)22-9-7-21(28)8-10-22/h3-12,17,19,25H,13-16,18H2,1-2H3,(H,29,33)(H,30,34)/t19-,25-/m0/s1. The Morgan fingerprint density at radius 3 is 2.31 bits per heavy atom. The normalized spacial score (nSPS) is 15.7. The van der Waals surface area contributed by atoms with Gasteiger partial charge in [0, 0.05) is 49.3 Å². The molecule has 190 valence electrons. The molecule has 2 aromatic carbocycles. The van der Waals surface area contributed by atoms with Crippen molar-refractivity contribution in [2.45, 2.75) is 25.6 Å². The first-order valence-electron chi connectivity index (χ1n) is 11.9. The van der Waals surface area contributed by atoms with Crippen LogP contribution in [0, 0.1) is 5.82 Å². The molecule has 1 aliphatic rings. The van der Waals surface area contributed by atoms with E-state index in [1.807, 2.05) is 42.6 Å². The Morgan fingerprint density at radius 2 is 1.69 bits per heavy atom. The highest BCUT2D eigenvalue weighted by molar-refractivity contribution is 7.10. The highest BCUT2D eigenvalue weighted by Gasteiger charge is 2.32. The maximum Gasteiger partial charge on any atom is 0.309 e. The monoisotopic (exact) mass is 510 g/mol. The number of hydrogen-bond acceptors (Lipinski definition) is 6. The molecule has 0 spiro atoms. The van der Waals surface area contributed by atoms with E-state index in [1.54, 1.807) is 30.6 Å². The van der Waals surface area contributed by atoms with E-state index in [9.17, 15) is 14.0 Å². The summed E-state index contributed by atoms with van der Waals surface area (Å²) in [5, 5.41) is 7.62. The van der Waals surface area contributed by atoms with Crippen molar-refractivity contribution in [1.82, 2.24) is 15.5 Å². The van der Waals surface area contributed by atoms with Crippen molar-refractivity contribution in [2.75, 3.05) is 38.2 Å². The number of hydrogen-bond donors (Lipinski definition) is 2. The molecule has 1 saturated heterocycles.